The van der Waals surface area contributed by atoms with Crippen molar-refractivity contribution in [3.05, 3.63) is 83.4 Å². The fourth-order valence-electron chi connectivity index (χ4n) is 4.28. The summed E-state index contributed by atoms with van der Waals surface area (Å²) in [7, 11) is 1.41. The van der Waals surface area contributed by atoms with Crippen LogP contribution in [0.4, 0.5) is 4.79 Å². The van der Waals surface area contributed by atoms with Crippen LogP contribution in [0.5, 0.6) is 11.5 Å². The normalized spacial score (nSPS) is 14.2. The number of nitrogens with one attached hydrogen (secondary N) is 1. The van der Waals surface area contributed by atoms with E-state index in [1.54, 1.807) is 0 Å². The van der Waals surface area contributed by atoms with E-state index in [2.05, 4.69) is 29.6 Å². The van der Waals surface area contributed by atoms with Gasteiger partial charge in [-0.05, 0) is 40.8 Å². The van der Waals surface area contributed by atoms with Gasteiger partial charge >= 0.3 is 6.09 Å². The highest BCUT2D eigenvalue weighted by Gasteiger charge is 2.29. The molecule has 4 N–H and O–H groups in total. The second-order valence-electron chi connectivity index (χ2n) is 7.98. The number of hydrogen-bond donors (Lipinski definition) is 4. The Morgan fingerprint density at radius 1 is 1.00 bits per heavy atom. The third-order valence-corrected chi connectivity index (χ3v) is 5.95. The number of alkyl carbamates (subject to hydrolysis) is 1. The molecule has 4 rings (SSSR count). The van der Waals surface area contributed by atoms with E-state index in [9.17, 15) is 20.1 Å². The molecule has 1 amide bonds. The summed E-state index contributed by atoms with van der Waals surface area (Å²) in [5.41, 5.74) is 4.93. The van der Waals surface area contributed by atoms with Crippen LogP contribution in [0.2, 0.25) is 0 Å². The van der Waals surface area contributed by atoms with E-state index < -0.39 is 18.3 Å². The van der Waals surface area contributed by atoms with Gasteiger partial charge in [-0.2, -0.15) is 0 Å². The molecule has 0 spiro atoms. The van der Waals surface area contributed by atoms with Crippen LogP contribution in [0, 0.1) is 0 Å². The highest BCUT2D eigenvalue weighted by Crippen LogP contribution is 2.44. The van der Waals surface area contributed by atoms with E-state index >= 15 is 0 Å². The smallest absolute Gasteiger partial charge is 0.407 e. The quantitative estimate of drug-likeness (QED) is 0.417. The average molecular weight is 450 g/mol. The van der Waals surface area contributed by atoms with Gasteiger partial charge in [-0.25, -0.2) is 4.79 Å². The summed E-state index contributed by atoms with van der Waals surface area (Å²) in [6, 6.07) is 20.5. The zero-order valence-electron chi connectivity index (χ0n) is 18.3. The molecule has 0 radical (unpaired) electrons. The molecule has 2 atom stereocenters. The molecular weight excluding hydrogens is 422 g/mol. The van der Waals surface area contributed by atoms with Gasteiger partial charge in [0.25, 0.3) is 0 Å². The third-order valence-electron chi connectivity index (χ3n) is 5.95. The first kappa shape index (κ1) is 22.6. The Morgan fingerprint density at radius 3 is 2.27 bits per heavy atom. The highest BCUT2D eigenvalue weighted by atomic mass is 16.5. The van der Waals surface area contributed by atoms with Gasteiger partial charge in [-0.3, -0.25) is 0 Å². The molecule has 2 unspecified atom stereocenters. The molecule has 0 heterocycles. The minimum atomic E-state index is -1.23. The molecule has 0 fully saturated rings. The van der Waals surface area contributed by atoms with Gasteiger partial charge in [-0.1, -0.05) is 48.5 Å². The van der Waals surface area contributed by atoms with Gasteiger partial charge in [0.15, 0.2) is 0 Å². The minimum Gasteiger partial charge on any atom is -0.508 e. The van der Waals surface area contributed by atoms with Gasteiger partial charge in [0.2, 0.25) is 0 Å². The van der Waals surface area contributed by atoms with Crippen LogP contribution in [0.25, 0.3) is 11.1 Å². The number of phenols is 1. The molecule has 0 saturated carbocycles. The van der Waals surface area contributed by atoms with E-state index in [1.165, 1.54) is 25.3 Å². The van der Waals surface area contributed by atoms with Crippen molar-refractivity contribution in [2.75, 3.05) is 20.3 Å². The van der Waals surface area contributed by atoms with Crippen LogP contribution in [0.15, 0.2) is 66.7 Å². The maximum Gasteiger partial charge on any atom is 0.407 e. The molecule has 3 aromatic rings. The molecule has 0 aromatic heterocycles. The first-order valence-electron chi connectivity index (χ1n) is 10.8. The summed E-state index contributed by atoms with van der Waals surface area (Å²) in [6.07, 6.45) is -2.85. The summed E-state index contributed by atoms with van der Waals surface area (Å²) < 4.78 is 10.6. The van der Waals surface area contributed by atoms with Crippen molar-refractivity contribution in [2.45, 2.75) is 24.5 Å². The van der Waals surface area contributed by atoms with Crippen molar-refractivity contribution in [1.82, 2.24) is 5.32 Å². The Balaban J connectivity index is 1.29. The van der Waals surface area contributed by atoms with Crippen LogP contribution in [-0.4, -0.2) is 47.8 Å². The zero-order valence-corrected chi connectivity index (χ0v) is 18.3. The summed E-state index contributed by atoms with van der Waals surface area (Å²) in [6.45, 7) is 0.324. The standard InChI is InChI=1S/C26H27NO6/c1-32-24-14-16(28)10-11-21(24)25(30)23(29)12-13-27-26(31)33-15-22-19-8-4-2-6-17(19)18-7-3-5-9-20(18)22/h2-11,14,22-23,25,28-30H,12-13,15H2,1H3,(H,27,31). The Morgan fingerprint density at radius 2 is 1.64 bits per heavy atom. The fraction of sp³-hybridized carbons (Fsp3) is 0.269. The molecular formula is C26H27NO6. The fourth-order valence-corrected chi connectivity index (χ4v) is 4.28. The molecule has 7 heteroatoms. The number of rotatable bonds is 8. The third kappa shape index (κ3) is 4.79. The van der Waals surface area contributed by atoms with Gasteiger partial charge in [0.1, 0.15) is 24.2 Å². The van der Waals surface area contributed by atoms with Crippen LogP contribution in [0.1, 0.15) is 35.1 Å². The Hall–Kier alpha value is -3.55. The average Bonchev–Trinajstić information content (AvgIpc) is 3.16. The lowest BCUT2D eigenvalue weighted by Gasteiger charge is -2.20. The molecule has 1 aliphatic carbocycles. The molecule has 0 saturated heterocycles. The number of carbonyl (C=O) groups is 1. The van der Waals surface area contributed by atoms with Gasteiger partial charge in [0, 0.05) is 24.1 Å². The topological polar surface area (TPSA) is 108 Å². The molecule has 0 aliphatic heterocycles. The predicted octanol–water partition coefficient (Wildman–Crippen LogP) is 3.72. The van der Waals surface area contributed by atoms with E-state index in [1.807, 2.05) is 24.3 Å². The molecule has 1 aliphatic rings. The molecule has 7 nitrogen and oxygen atoms in total. The Bertz CT molecular complexity index is 1090. The Labute approximate surface area is 192 Å². The first-order chi connectivity index (χ1) is 16.0. The number of aliphatic hydroxyl groups is 2. The molecule has 33 heavy (non-hydrogen) atoms. The van der Waals surface area contributed by atoms with Crippen LogP contribution in [-0.2, 0) is 4.74 Å². The molecule has 3 aromatic carbocycles. The van der Waals surface area contributed by atoms with E-state index in [-0.39, 0.29) is 37.0 Å². The van der Waals surface area contributed by atoms with Crippen molar-refractivity contribution in [2.24, 2.45) is 0 Å². The predicted molar refractivity (Wildman–Crippen MR) is 123 cm³/mol. The van der Waals surface area contributed by atoms with E-state index in [0.717, 1.165) is 22.3 Å². The van der Waals surface area contributed by atoms with Gasteiger partial charge in [0.05, 0.1) is 13.2 Å². The van der Waals surface area contributed by atoms with Crippen molar-refractivity contribution in [3.8, 4) is 22.6 Å². The number of aliphatic hydroxyl groups excluding tert-OH is 2. The number of phenolic OH excluding ortho intramolecular Hbond substituents is 1. The lowest BCUT2D eigenvalue weighted by atomic mass is 9.98. The van der Waals surface area contributed by atoms with Crippen LogP contribution in [0.3, 0.4) is 0 Å². The van der Waals surface area contributed by atoms with Crippen molar-refractivity contribution >= 4 is 6.09 Å². The number of hydrogen-bond acceptors (Lipinski definition) is 6. The number of ether oxygens (including phenoxy) is 2. The zero-order chi connectivity index (χ0) is 23.4. The lowest BCUT2D eigenvalue weighted by Crippen LogP contribution is -2.30. The lowest BCUT2D eigenvalue weighted by molar-refractivity contribution is 0.0123. The maximum absolute atomic E-state index is 12.3. The van der Waals surface area contributed by atoms with Gasteiger partial charge < -0.3 is 30.1 Å². The maximum atomic E-state index is 12.3. The monoisotopic (exact) mass is 449 g/mol. The first-order valence-corrected chi connectivity index (χ1v) is 10.8. The second-order valence-corrected chi connectivity index (χ2v) is 7.98. The van der Waals surface area contributed by atoms with E-state index in [4.69, 9.17) is 9.47 Å². The van der Waals surface area contributed by atoms with E-state index in [0.29, 0.717) is 5.56 Å². The summed E-state index contributed by atoms with van der Waals surface area (Å²) >= 11 is 0. The van der Waals surface area contributed by atoms with Crippen LogP contribution >= 0.6 is 0 Å². The second kappa shape index (κ2) is 9.94. The summed E-state index contributed by atoms with van der Waals surface area (Å²) in [5, 5.41) is 32.9. The van der Waals surface area contributed by atoms with Crippen molar-refractivity contribution in [3.63, 3.8) is 0 Å². The number of fused-ring (bicyclic) bond motifs is 3. The van der Waals surface area contributed by atoms with Crippen molar-refractivity contribution < 1.29 is 29.6 Å². The SMILES string of the molecule is COc1cc(O)ccc1C(O)C(O)CCNC(=O)OCC1c2ccccc2-c2ccccc21. The largest absolute Gasteiger partial charge is 0.508 e. The molecule has 172 valence electrons. The minimum absolute atomic E-state index is 0.00536. The molecule has 0 bridgehead atoms. The van der Waals surface area contributed by atoms with Crippen LogP contribution < -0.4 is 10.1 Å². The van der Waals surface area contributed by atoms with Gasteiger partial charge in [-0.15, -0.1) is 0 Å². The Kier molecular flexibility index (Phi) is 6.82. The summed E-state index contributed by atoms with van der Waals surface area (Å²) in [4.78, 5) is 12.3. The number of aromatic hydroxyl groups is 1. The highest BCUT2D eigenvalue weighted by molar-refractivity contribution is 5.79. The summed E-state index contributed by atoms with van der Waals surface area (Å²) in [5.74, 6) is 0.234. The van der Waals surface area contributed by atoms with Crippen molar-refractivity contribution in [1.29, 1.82) is 0 Å². The number of amides is 1. The number of methoxy groups -OCH3 is 1. The number of carbonyl (C=O) groups excluding carboxylic acids is 1. The number of benzene rings is 3.